The normalized spacial score (nSPS) is 15.0. The molecular formula is C20H28F3N5O3. The number of carbonyl (C=O) groups is 2. The molecule has 2 rings (SSSR count). The highest BCUT2D eigenvalue weighted by Gasteiger charge is 2.30. The zero-order chi connectivity index (χ0) is 23.0. The fourth-order valence-corrected chi connectivity index (χ4v) is 2.91. The lowest BCUT2D eigenvalue weighted by Gasteiger charge is -2.36. The van der Waals surface area contributed by atoms with Crippen molar-refractivity contribution in [3.05, 3.63) is 35.4 Å². The number of benzene rings is 1. The Bertz CT molecular complexity index is 791. The molecule has 11 heteroatoms. The number of carbonyl (C=O) groups excluding carboxylic acids is 2. The van der Waals surface area contributed by atoms with Crippen molar-refractivity contribution in [1.29, 1.82) is 0 Å². The molecule has 1 aliphatic rings. The van der Waals surface area contributed by atoms with Gasteiger partial charge in [0.15, 0.2) is 5.96 Å². The van der Waals surface area contributed by atoms with Crippen LogP contribution in [0.1, 0.15) is 18.1 Å². The molecule has 1 aromatic rings. The van der Waals surface area contributed by atoms with Gasteiger partial charge in [-0.05, 0) is 24.6 Å². The molecule has 8 nitrogen and oxygen atoms in total. The number of amides is 2. The third-order valence-corrected chi connectivity index (χ3v) is 4.67. The number of guanidine groups is 1. The third-order valence-electron chi connectivity index (χ3n) is 4.67. The number of nitrogens with one attached hydrogen (secondary N) is 1. The summed E-state index contributed by atoms with van der Waals surface area (Å²) in [4.78, 5) is 33.2. The molecule has 1 heterocycles. The van der Waals surface area contributed by atoms with Crippen LogP contribution >= 0.6 is 0 Å². The lowest BCUT2D eigenvalue weighted by atomic mass is 10.1. The molecule has 172 valence electrons. The maximum absolute atomic E-state index is 13.0. The maximum atomic E-state index is 13.0. The molecule has 1 saturated heterocycles. The van der Waals surface area contributed by atoms with E-state index in [2.05, 4.69) is 10.3 Å². The van der Waals surface area contributed by atoms with Gasteiger partial charge in [0.05, 0.1) is 25.3 Å². The number of halogens is 3. The van der Waals surface area contributed by atoms with Crippen LogP contribution < -0.4 is 5.32 Å². The first kappa shape index (κ1) is 24.3. The minimum atomic E-state index is -4.43. The van der Waals surface area contributed by atoms with Crippen LogP contribution in [0.25, 0.3) is 0 Å². The summed E-state index contributed by atoms with van der Waals surface area (Å²) in [6, 6.07) is 4.98. The summed E-state index contributed by atoms with van der Waals surface area (Å²) >= 11 is 0. The second-order valence-corrected chi connectivity index (χ2v) is 7.15. The first-order valence-corrected chi connectivity index (χ1v) is 9.93. The van der Waals surface area contributed by atoms with Gasteiger partial charge in [0.1, 0.15) is 0 Å². The SMILES string of the molecule is CCOC(=O)N1CCN(C(=NCc2cccc(C(F)(F)F)c2)NCC(=O)N(C)C)CC1. The molecule has 1 fully saturated rings. The Labute approximate surface area is 179 Å². The Morgan fingerprint density at radius 1 is 1.16 bits per heavy atom. The van der Waals surface area contributed by atoms with Crippen molar-refractivity contribution in [2.75, 3.05) is 53.4 Å². The van der Waals surface area contributed by atoms with Gasteiger partial charge in [-0.25, -0.2) is 9.79 Å². The summed E-state index contributed by atoms with van der Waals surface area (Å²) in [5.41, 5.74) is -0.334. The monoisotopic (exact) mass is 443 g/mol. The highest BCUT2D eigenvalue weighted by Crippen LogP contribution is 2.29. The molecule has 0 spiro atoms. The molecule has 0 unspecified atom stereocenters. The van der Waals surface area contributed by atoms with Gasteiger partial charge in [-0.2, -0.15) is 13.2 Å². The Morgan fingerprint density at radius 2 is 1.81 bits per heavy atom. The first-order chi connectivity index (χ1) is 14.6. The van der Waals surface area contributed by atoms with Gasteiger partial charge in [0, 0.05) is 40.3 Å². The van der Waals surface area contributed by atoms with Crippen molar-refractivity contribution < 1.29 is 27.5 Å². The Hall–Kier alpha value is -2.98. The molecule has 1 N–H and O–H groups in total. The number of hydrogen-bond acceptors (Lipinski definition) is 4. The van der Waals surface area contributed by atoms with Crippen LogP contribution in [0.5, 0.6) is 0 Å². The van der Waals surface area contributed by atoms with E-state index in [1.165, 1.54) is 11.0 Å². The van der Waals surface area contributed by atoms with Gasteiger partial charge in [0.2, 0.25) is 5.91 Å². The molecular weight excluding hydrogens is 415 g/mol. The van der Waals surface area contributed by atoms with Crippen LogP contribution in [0.2, 0.25) is 0 Å². The fourth-order valence-electron chi connectivity index (χ4n) is 2.91. The number of nitrogens with zero attached hydrogens (tertiary/aromatic N) is 4. The summed E-state index contributed by atoms with van der Waals surface area (Å²) in [7, 11) is 3.25. The lowest BCUT2D eigenvalue weighted by Crippen LogP contribution is -2.54. The van der Waals surface area contributed by atoms with Gasteiger partial charge in [-0.15, -0.1) is 0 Å². The number of likely N-dealkylation sites (N-methyl/N-ethyl adjacent to an activating group) is 1. The Kier molecular flexibility index (Phi) is 8.52. The Balaban J connectivity index is 2.12. The summed E-state index contributed by atoms with van der Waals surface area (Å²) in [5.74, 6) is 0.230. The smallest absolute Gasteiger partial charge is 0.416 e. The van der Waals surface area contributed by atoms with Crippen LogP contribution in [0.3, 0.4) is 0 Å². The van der Waals surface area contributed by atoms with E-state index in [1.807, 2.05) is 4.90 Å². The largest absolute Gasteiger partial charge is 0.450 e. The first-order valence-electron chi connectivity index (χ1n) is 9.93. The van der Waals surface area contributed by atoms with Crippen LogP contribution in [-0.4, -0.2) is 86.1 Å². The van der Waals surface area contributed by atoms with Crippen molar-refractivity contribution >= 4 is 18.0 Å². The number of rotatable bonds is 5. The van der Waals surface area contributed by atoms with E-state index in [9.17, 15) is 22.8 Å². The molecule has 1 aliphatic heterocycles. The van der Waals surface area contributed by atoms with Crippen LogP contribution in [0.15, 0.2) is 29.3 Å². The van der Waals surface area contributed by atoms with Crippen molar-refractivity contribution in [3.63, 3.8) is 0 Å². The summed E-state index contributed by atoms with van der Waals surface area (Å²) < 4.78 is 43.9. The molecule has 31 heavy (non-hydrogen) atoms. The minimum absolute atomic E-state index is 0.00743. The van der Waals surface area contributed by atoms with E-state index in [1.54, 1.807) is 32.0 Å². The zero-order valence-electron chi connectivity index (χ0n) is 17.9. The molecule has 0 aliphatic carbocycles. The van der Waals surface area contributed by atoms with Gasteiger partial charge in [0.25, 0.3) is 0 Å². The number of hydrogen-bond donors (Lipinski definition) is 1. The van der Waals surface area contributed by atoms with E-state index in [0.717, 1.165) is 12.1 Å². The van der Waals surface area contributed by atoms with Crippen LogP contribution in [-0.2, 0) is 22.3 Å². The van der Waals surface area contributed by atoms with Crippen molar-refractivity contribution in [3.8, 4) is 0 Å². The van der Waals surface area contributed by atoms with Gasteiger partial charge in [-0.3, -0.25) is 4.79 Å². The molecule has 1 aromatic carbocycles. The quantitative estimate of drug-likeness (QED) is 0.557. The van der Waals surface area contributed by atoms with E-state index >= 15 is 0 Å². The molecule has 0 saturated carbocycles. The van der Waals surface area contributed by atoms with E-state index in [4.69, 9.17) is 4.74 Å². The van der Waals surface area contributed by atoms with Crippen molar-refractivity contribution in [2.24, 2.45) is 4.99 Å². The highest BCUT2D eigenvalue weighted by atomic mass is 19.4. The van der Waals surface area contributed by atoms with E-state index < -0.39 is 11.7 Å². The Morgan fingerprint density at radius 3 is 2.39 bits per heavy atom. The molecule has 0 atom stereocenters. The summed E-state index contributed by atoms with van der Waals surface area (Å²) in [6.45, 7) is 3.74. The molecule has 0 bridgehead atoms. The van der Waals surface area contributed by atoms with Crippen LogP contribution in [0.4, 0.5) is 18.0 Å². The molecule has 0 radical (unpaired) electrons. The van der Waals surface area contributed by atoms with E-state index in [0.29, 0.717) is 37.7 Å². The van der Waals surface area contributed by atoms with Crippen molar-refractivity contribution in [2.45, 2.75) is 19.6 Å². The summed E-state index contributed by atoms with van der Waals surface area (Å²) in [5, 5.41) is 2.98. The van der Waals surface area contributed by atoms with Gasteiger partial charge in [-0.1, -0.05) is 12.1 Å². The van der Waals surface area contributed by atoms with Crippen molar-refractivity contribution in [1.82, 2.24) is 20.0 Å². The molecule has 0 aromatic heterocycles. The number of piperazine rings is 1. The number of alkyl halides is 3. The second-order valence-electron chi connectivity index (χ2n) is 7.15. The van der Waals surface area contributed by atoms with Gasteiger partial charge < -0.3 is 24.8 Å². The standard InChI is InChI=1S/C20H28F3N5O3/c1-4-31-19(30)28-10-8-27(9-11-28)18(25-14-17(29)26(2)3)24-13-15-6-5-7-16(12-15)20(21,22)23/h5-7,12H,4,8-11,13-14H2,1-3H3,(H,24,25). The highest BCUT2D eigenvalue weighted by molar-refractivity contribution is 5.86. The summed E-state index contributed by atoms with van der Waals surface area (Å²) in [6.07, 6.45) is -4.82. The van der Waals surface area contributed by atoms with Crippen LogP contribution in [0, 0.1) is 0 Å². The predicted molar refractivity (Wildman–Crippen MR) is 109 cm³/mol. The topological polar surface area (TPSA) is 77.5 Å². The third kappa shape index (κ3) is 7.34. The minimum Gasteiger partial charge on any atom is -0.450 e. The molecule has 2 amide bonds. The average Bonchev–Trinajstić information content (AvgIpc) is 2.73. The maximum Gasteiger partial charge on any atom is 0.416 e. The zero-order valence-corrected chi connectivity index (χ0v) is 17.9. The van der Waals surface area contributed by atoms with E-state index in [-0.39, 0.29) is 31.7 Å². The number of aliphatic imine (C=N–C) groups is 1. The van der Waals surface area contributed by atoms with Gasteiger partial charge >= 0.3 is 12.3 Å². The second kappa shape index (κ2) is 10.9. The fraction of sp³-hybridized carbons (Fsp3) is 0.550. The predicted octanol–water partition coefficient (Wildman–Crippen LogP) is 2.01. The average molecular weight is 443 g/mol. The lowest BCUT2D eigenvalue weighted by molar-refractivity contribution is -0.137. The number of ether oxygens (including phenoxy) is 1.